The monoisotopic (exact) mass is 291 g/mol. The summed E-state index contributed by atoms with van der Waals surface area (Å²) in [6.07, 6.45) is 0.777. The topological polar surface area (TPSA) is 29.1 Å². The van der Waals surface area contributed by atoms with E-state index in [-0.39, 0.29) is 10.7 Å². The maximum Gasteiger partial charge on any atom is 0.238 e. The second kappa shape index (κ2) is 5.32. The molecule has 0 aliphatic heterocycles. The number of fused-ring (bicyclic) bond motifs is 1. The Balaban J connectivity index is 2.22. The Labute approximate surface area is 109 Å². The lowest BCUT2D eigenvalue weighted by Gasteiger charge is -2.09. The van der Waals surface area contributed by atoms with E-state index in [0.29, 0.717) is 0 Å². The van der Waals surface area contributed by atoms with Crippen molar-refractivity contribution in [2.45, 2.75) is 18.2 Å². The first-order chi connectivity index (χ1) is 8.20. The molecular formula is C14H14BrNO. The third-order valence-corrected chi connectivity index (χ3v) is 3.72. The molecule has 1 atom stereocenters. The van der Waals surface area contributed by atoms with Gasteiger partial charge in [-0.25, -0.2) is 0 Å². The number of carbonyl (C=O) groups excluding carboxylic acids is 1. The van der Waals surface area contributed by atoms with Crippen molar-refractivity contribution in [3.8, 4) is 0 Å². The fourth-order valence-corrected chi connectivity index (χ4v) is 1.79. The molecule has 2 rings (SSSR count). The maximum atomic E-state index is 11.7. The van der Waals surface area contributed by atoms with Gasteiger partial charge in [0.1, 0.15) is 0 Å². The quantitative estimate of drug-likeness (QED) is 0.853. The normalized spacial score (nSPS) is 12.4. The van der Waals surface area contributed by atoms with Crippen molar-refractivity contribution in [3.05, 3.63) is 42.5 Å². The SMILES string of the molecule is CCC(Br)C(=O)Nc1ccc2ccccc2c1. The summed E-state index contributed by atoms with van der Waals surface area (Å²) in [4.78, 5) is 11.6. The largest absolute Gasteiger partial charge is 0.325 e. The van der Waals surface area contributed by atoms with Crippen LogP contribution >= 0.6 is 15.9 Å². The maximum absolute atomic E-state index is 11.7. The van der Waals surface area contributed by atoms with E-state index < -0.39 is 0 Å². The lowest BCUT2D eigenvalue weighted by molar-refractivity contribution is -0.115. The lowest BCUT2D eigenvalue weighted by Crippen LogP contribution is -2.21. The third-order valence-electron chi connectivity index (χ3n) is 2.66. The predicted octanol–water partition coefficient (Wildman–Crippen LogP) is 3.95. The van der Waals surface area contributed by atoms with Gasteiger partial charge in [0.05, 0.1) is 4.83 Å². The number of halogens is 1. The van der Waals surface area contributed by atoms with Gasteiger partial charge < -0.3 is 5.32 Å². The Morgan fingerprint density at radius 1 is 1.24 bits per heavy atom. The van der Waals surface area contributed by atoms with Crippen LogP contribution in [0.25, 0.3) is 10.8 Å². The smallest absolute Gasteiger partial charge is 0.238 e. The minimum absolute atomic E-state index is 0.00258. The van der Waals surface area contributed by atoms with E-state index in [1.165, 1.54) is 5.39 Å². The fraction of sp³-hybridized carbons (Fsp3) is 0.214. The summed E-state index contributed by atoms with van der Waals surface area (Å²) in [6, 6.07) is 14.0. The molecule has 1 amide bonds. The van der Waals surface area contributed by atoms with Crippen molar-refractivity contribution in [2.75, 3.05) is 5.32 Å². The highest BCUT2D eigenvalue weighted by atomic mass is 79.9. The minimum atomic E-state index is -0.131. The fourth-order valence-electron chi connectivity index (χ4n) is 1.67. The number of nitrogens with one attached hydrogen (secondary N) is 1. The number of benzene rings is 2. The predicted molar refractivity (Wildman–Crippen MR) is 75.6 cm³/mol. The van der Waals surface area contributed by atoms with Crippen molar-refractivity contribution in [3.63, 3.8) is 0 Å². The third kappa shape index (κ3) is 2.86. The molecule has 2 nitrogen and oxygen atoms in total. The van der Waals surface area contributed by atoms with Gasteiger partial charge in [-0.2, -0.15) is 0 Å². The molecule has 0 fully saturated rings. The van der Waals surface area contributed by atoms with Crippen LogP contribution in [0.4, 0.5) is 5.69 Å². The van der Waals surface area contributed by atoms with Gasteiger partial charge in [0.15, 0.2) is 0 Å². The van der Waals surface area contributed by atoms with Crippen LogP contribution in [0, 0.1) is 0 Å². The standard InChI is InChI=1S/C14H14BrNO/c1-2-13(15)14(17)16-12-8-7-10-5-3-4-6-11(10)9-12/h3-9,13H,2H2,1H3,(H,16,17). The Morgan fingerprint density at radius 2 is 1.94 bits per heavy atom. The van der Waals surface area contributed by atoms with E-state index in [2.05, 4.69) is 27.3 Å². The van der Waals surface area contributed by atoms with E-state index in [0.717, 1.165) is 17.5 Å². The number of hydrogen-bond donors (Lipinski definition) is 1. The molecule has 0 aliphatic carbocycles. The molecule has 0 heterocycles. The highest BCUT2D eigenvalue weighted by Gasteiger charge is 2.12. The molecule has 0 bridgehead atoms. The summed E-state index contributed by atoms with van der Waals surface area (Å²) in [7, 11) is 0. The van der Waals surface area contributed by atoms with Gasteiger partial charge in [-0.1, -0.05) is 53.2 Å². The van der Waals surface area contributed by atoms with Crippen LogP contribution in [-0.2, 0) is 4.79 Å². The second-order valence-corrected chi connectivity index (χ2v) is 5.03. The molecule has 1 unspecified atom stereocenters. The molecular weight excluding hydrogens is 278 g/mol. The Hall–Kier alpha value is -1.35. The summed E-state index contributed by atoms with van der Waals surface area (Å²) >= 11 is 3.34. The molecule has 17 heavy (non-hydrogen) atoms. The second-order valence-electron chi connectivity index (χ2n) is 3.93. The number of rotatable bonds is 3. The van der Waals surface area contributed by atoms with Crippen LogP contribution in [-0.4, -0.2) is 10.7 Å². The molecule has 0 spiro atoms. The van der Waals surface area contributed by atoms with E-state index >= 15 is 0 Å². The average molecular weight is 292 g/mol. The lowest BCUT2D eigenvalue weighted by atomic mass is 10.1. The van der Waals surface area contributed by atoms with Crippen molar-refractivity contribution in [1.82, 2.24) is 0 Å². The first kappa shape index (κ1) is 12.1. The van der Waals surface area contributed by atoms with Gasteiger partial charge >= 0.3 is 0 Å². The van der Waals surface area contributed by atoms with Gasteiger partial charge in [-0.05, 0) is 29.3 Å². The molecule has 0 aromatic heterocycles. The van der Waals surface area contributed by atoms with Crippen LogP contribution in [0.3, 0.4) is 0 Å². The van der Waals surface area contributed by atoms with Crippen molar-refractivity contribution >= 4 is 38.3 Å². The molecule has 0 aliphatic rings. The van der Waals surface area contributed by atoms with Crippen LogP contribution in [0.2, 0.25) is 0 Å². The van der Waals surface area contributed by atoms with E-state index in [9.17, 15) is 4.79 Å². The molecule has 0 saturated heterocycles. The van der Waals surface area contributed by atoms with E-state index in [4.69, 9.17) is 0 Å². The molecule has 2 aromatic rings. The van der Waals surface area contributed by atoms with Crippen molar-refractivity contribution < 1.29 is 4.79 Å². The minimum Gasteiger partial charge on any atom is -0.325 e. The molecule has 0 radical (unpaired) electrons. The Kier molecular flexibility index (Phi) is 3.79. The van der Waals surface area contributed by atoms with Crippen molar-refractivity contribution in [2.24, 2.45) is 0 Å². The van der Waals surface area contributed by atoms with Gasteiger partial charge in [0.2, 0.25) is 5.91 Å². The van der Waals surface area contributed by atoms with Gasteiger partial charge in [0, 0.05) is 5.69 Å². The Morgan fingerprint density at radius 3 is 2.65 bits per heavy atom. The van der Waals surface area contributed by atoms with Gasteiger partial charge in [0.25, 0.3) is 0 Å². The summed E-state index contributed by atoms with van der Waals surface area (Å²) in [6.45, 7) is 1.97. The number of anilines is 1. The first-order valence-corrected chi connectivity index (χ1v) is 6.56. The summed E-state index contributed by atoms with van der Waals surface area (Å²) in [5.74, 6) is 0.00258. The first-order valence-electron chi connectivity index (χ1n) is 5.64. The van der Waals surface area contributed by atoms with Crippen LogP contribution in [0.1, 0.15) is 13.3 Å². The molecule has 0 saturated carbocycles. The summed E-state index contributed by atoms with van der Waals surface area (Å²) < 4.78 is 0. The van der Waals surface area contributed by atoms with E-state index in [1.807, 2.05) is 43.3 Å². The molecule has 1 N–H and O–H groups in total. The summed E-state index contributed by atoms with van der Waals surface area (Å²) in [5.41, 5.74) is 0.839. The molecule has 2 aromatic carbocycles. The molecule has 88 valence electrons. The van der Waals surface area contributed by atoms with Crippen LogP contribution in [0.15, 0.2) is 42.5 Å². The summed E-state index contributed by atoms with van der Waals surface area (Å²) in [5, 5.41) is 5.21. The number of carbonyl (C=O) groups is 1. The highest BCUT2D eigenvalue weighted by molar-refractivity contribution is 9.10. The molecule has 3 heteroatoms. The van der Waals surface area contributed by atoms with Crippen molar-refractivity contribution in [1.29, 1.82) is 0 Å². The Bertz CT molecular complexity index is 538. The number of alkyl halides is 1. The van der Waals surface area contributed by atoms with Crippen LogP contribution in [0.5, 0.6) is 0 Å². The number of hydrogen-bond acceptors (Lipinski definition) is 1. The highest BCUT2D eigenvalue weighted by Crippen LogP contribution is 2.19. The number of amides is 1. The zero-order valence-electron chi connectivity index (χ0n) is 9.61. The average Bonchev–Trinajstić information content (AvgIpc) is 2.37. The van der Waals surface area contributed by atoms with Crippen LogP contribution < -0.4 is 5.32 Å². The van der Waals surface area contributed by atoms with Gasteiger partial charge in [-0.15, -0.1) is 0 Å². The zero-order valence-corrected chi connectivity index (χ0v) is 11.2. The van der Waals surface area contributed by atoms with E-state index in [1.54, 1.807) is 0 Å². The van der Waals surface area contributed by atoms with Gasteiger partial charge in [-0.3, -0.25) is 4.79 Å². The zero-order chi connectivity index (χ0) is 12.3.